The molecule has 0 radical (unpaired) electrons. The van der Waals surface area contributed by atoms with Gasteiger partial charge >= 0.3 is 23.9 Å². The van der Waals surface area contributed by atoms with Crippen molar-refractivity contribution in [2.45, 2.75) is 73.0 Å². The standard InChI is InChI=1S/C31H41NO8/c1-18(2)21(6)27(33)39-25-14-13-23(15-26(25)40-28(34)22(7)19(3)4)17-31(32,30(36)37)16-20(5)38-29(35)24-11-9-8-10-12-24/h8-15,18-22H,16-17,32H2,1-7H3,(H,36,37)/t20-,21?,22?,31?/m0/s1. The maximum absolute atomic E-state index is 12.8. The molecule has 2 rings (SSSR count). The smallest absolute Gasteiger partial charge is 0.338 e. The van der Waals surface area contributed by atoms with Crippen molar-refractivity contribution in [2.24, 2.45) is 29.4 Å². The first kappa shape index (κ1) is 32.5. The largest absolute Gasteiger partial charge is 0.480 e. The Bertz CT molecular complexity index is 1190. The average molecular weight is 556 g/mol. The Labute approximate surface area is 236 Å². The van der Waals surface area contributed by atoms with Crippen LogP contribution in [0.2, 0.25) is 0 Å². The molecule has 0 bridgehead atoms. The summed E-state index contributed by atoms with van der Waals surface area (Å²) in [6.07, 6.45) is -1.16. The first-order chi connectivity index (χ1) is 18.6. The van der Waals surface area contributed by atoms with Crippen molar-refractivity contribution < 1.29 is 38.5 Å². The van der Waals surface area contributed by atoms with E-state index in [2.05, 4.69) is 0 Å². The van der Waals surface area contributed by atoms with E-state index in [0.29, 0.717) is 11.1 Å². The molecular weight excluding hydrogens is 514 g/mol. The number of carbonyl (C=O) groups excluding carboxylic acids is 3. The van der Waals surface area contributed by atoms with Gasteiger partial charge in [-0.05, 0) is 48.6 Å². The van der Waals surface area contributed by atoms with E-state index >= 15 is 0 Å². The summed E-state index contributed by atoms with van der Waals surface area (Å²) in [6, 6.07) is 12.8. The number of ether oxygens (including phenoxy) is 3. The van der Waals surface area contributed by atoms with E-state index in [1.54, 1.807) is 57.2 Å². The van der Waals surface area contributed by atoms with Crippen LogP contribution in [0.25, 0.3) is 0 Å². The quantitative estimate of drug-likeness (QED) is 0.257. The van der Waals surface area contributed by atoms with E-state index in [-0.39, 0.29) is 36.2 Å². The normalized spacial score (nSPS) is 15.1. The number of rotatable bonds is 13. The summed E-state index contributed by atoms with van der Waals surface area (Å²) in [4.78, 5) is 50.1. The molecule has 0 aliphatic heterocycles. The lowest BCUT2D eigenvalue weighted by Crippen LogP contribution is -2.52. The molecule has 3 unspecified atom stereocenters. The SMILES string of the molecule is CC(C)C(C)C(=O)Oc1ccc(CC(N)(C[C@H](C)OC(=O)c2ccccc2)C(=O)O)cc1OC(=O)C(C)C(C)C. The summed E-state index contributed by atoms with van der Waals surface area (Å²) in [5.74, 6) is -3.62. The van der Waals surface area contributed by atoms with E-state index in [1.165, 1.54) is 12.1 Å². The van der Waals surface area contributed by atoms with Crippen LogP contribution in [-0.4, -0.2) is 40.6 Å². The average Bonchev–Trinajstić information content (AvgIpc) is 2.89. The van der Waals surface area contributed by atoms with Crippen molar-refractivity contribution in [1.82, 2.24) is 0 Å². The maximum Gasteiger partial charge on any atom is 0.338 e. The molecule has 0 saturated carbocycles. The van der Waals surface area contributed by atoms with Crippen molar-refractivity contribution in [3.8, 4) is 11.5 Å². The Morgan fingerprint density at radius 1 is 0.800 bits per heavy atom. The van der Waals surface area contributed by atoms with Crippen LogP contribution in [0.4, 0.5) is 0 Å². The van der Waals surface area contributed by atoms with Gasteiger partial charge in [0.1, 0.15) is 11.6 Å². The molecule has 3 N–H and O–H groups in total. The summed E-state index contributed by atoms with van der Waals surface area (Å²) >= 11 is 0. The van der Waals surface area contributed by atoms with Gasteiger partial charge in [-0.1, -0.05) is 65.8 Å². The van der Waals surface area contributed by atoms with Gasteiger partial charge < -0.3 is 25.1 Å². The van der Waals surface area contributed by atoms with Gasteiger partial charge in [0.15, 0.2) is 11.5 Å². The van der Waals surface area contributed by atoms with Gasteiger partial charge in [-0.3, -0.25) is 14.4 Å². The monoisotopic (exact) mass is 555 g/mol. The van der Waals surface area contributed by atoms with Crippen molar-refractivity contribution in [1.29, 1.82) is 0 Å². The molecule has 9 heteroatoms. The molecule has 0 aliphatic carbocycles. The van der Waals surface area contributed by atoms with Gasteiger partial charge in [0, 0.05) is 12.8 Å². The van der Waals surface area contributed by atoms with Gasteiger partial charge in [0.2, 0.25) is 0 Å². The third-order valence-corrected chi connectivity index (χ3v) is 7.09. The second-order valence-electron chi connectivity index (χ2n) is 11.1. The van der Waals surface area contributed by atoms with Gasteiger partial charge in [-0.25, -0.2) is 4.79 Å². The minimum Gasteiger partial charge on any atom is -0.480 e. The number of hydrogen-bond donors (Lipinski definition) is 2. The molecule has 0 aromatic heterocycles. The van der Waals surface area contributed by atoms with Crippen LogP contribution in [0.5, 0.6) is 11.5 Å². The predicted octanol–water partition coefficient (Wildman–Crippen LogP) is 5.04. The second kappa shape index (κ2) is 14.1. The topological polar surface area (TPSA) is 142 Å². The Morgan fingerprint density at radius 3 is 1.82 bits per heavy atom. The molecular formula is C31H41NO8. The van der Waals surface area contributed by atoms with Crippen molar-refractivity contribution in [3.05, 3.63) is 59.7 Å². The molecule has 9 nitrogen and oxygen atoms in total. The number of aliphatic carboxylic acids is 1. The molecule has 218 valence electrons. The molecule has 0 aliphatic rings. The number of carbonyl (C=O) groups is 4. The number of nitrogens with two attached hydrogens (primary N) is 1. The first-order valence-corrected chi connectivity index (χ1v) is 13.5. The number of hydrogen-bond acceptors (Lipinski definition) is 8. The maximum atomic E-state index is 12.8. The van der Waals surface area contributed by atoms with Crippen LogP contribution in [0, 0.1) is 23.7 Å². The summed E-state index contributed by atoms with van der Waals surface area (Å²) in [6.45, 7) is 12.6. The van der Waals surface area contributed by atoms with E-state index < -0.39 is 47.4 Å². The molecule has 0 amide bonds. The Kier molecular flexibility index (Phi) is 11.4. The lowest BCUT2D eigenvalue weighted by molar-refractivity contribution is -0.144. The van der Waals surface area contributed by atoms with E-state index in [1.807, 2.05) is 27.7 Å². The number of carboxylic acid groups (broad SMARTS) is 1. The zero-order valence-corrected chi connectivity index (χ0v) is 24.3. The van der Waals surface area contributed by atoms with Gasteiger partial charge in [-0.2, -0.15) is 0 Å². The summed E-state index contributed by atoms with van der Waals surface area (Å²) < 4.78 is 16.6. The first-order valence-electron chi connectivity index (χ1n) is 13.5. The fourth-order valence-corrected chi connectivity index (χ4v) is 3.75. The third-order valence-electron chi connectivity index (χ3n) is 7.09. The zero-order chi connectivity index (χ0) is 30.2. The van der Waals surface area contributed by atoms with Crippen molar-refractivity contribution >= 4 is 23.9 Å². The molecule has 4 atom stereocenters. The van der Waals surface area contributed by atoms with Crippen LogP contribution in [-0.2, 0) is 25.5 Å². The number of benzene rings is 2. The zero-order valence-electron chi connectivity index (χ0n) is 24.3. The highest BCUT2D eigenvalue weighted by atomic mass is 16.6. The Hall–Kier alpha value is -3.72. The minimum absolute atomic E-state index is 0.00408. The van der Waals surface area contributed by atoms with E-state index in [4.69, 9.17) is 19.9 Å². The fourth-order valence-electron chi connectivity index (χ4n) is 3.75. The number of esters is 3. The molecule has 0 fully saturated rings. The van der Waals surface area contributed by atoms with Crippen LogP contribution in [0.15, 0.2) is 48.5 Å². The van der Waals surface area contributed by atoms with Crippen LogP contribution >= 0.6 is 0 Å². The van der Waals surface area contributed by atoms with Crippen LogP contribution < -0.4 is 15.2 Å². The molecule has 40 heavy (non-hydrogen) atoms. The van der Waals surface area contributed by atoms with E-state index in [9.17, 15) is 24.3 Å². The lowest BCUT2D eigenvalue weighted by Gasteiger charge is -2.28. The Morgan fingerprint density at radius 2 is 1.32 bits per heavy atom. The highest BCUT2D eigenvalue weighted by Gasteiger charge is 2.37. The minimum atomic E-state index is -1.81. The lowest BCUT2D eigenvalue weighted by atomic mass is 9.86. The number of carboxylic acids is 1. The molecule has 2 aromatic rings. The summed E-state index contributed by atoms with van der Waals surface area (Å²) in [5.41, 5.74) is 5.30. The molecule has 0 heterocycles. The predicted molar refractivity (Wildman–Crippen MR) is 150 cm³/mol. The second-order valence-corrected chi connectivity index (χ2v) is 11.1. The van der Waals surface area contributed by atoms with Crippen LogP contribution in [0.1, 0.15) is 70.8 Å². The highest BCUT2D eigenvalue weighted by Crippen LogP contribution is 2.33. The van der Waals surface area contributed by atoms with Crippen molar-refractivity contribution in [2.75, 3.05) is 0 Å². The molecule has 0 spiro atoms. The van der Waals surface area contributed by atoms with Gasteiger partial charge in [0.05, 0.1) is 17.4 Å². The Balaban J connectivity index is 2.32. The van der Waals surface area contributed by atoms with E-state index in [0.717, 1.165) is 0 Å². The summed E-state index contributed by atoms with van der Waals surface area (Å²) in [7, 11) is 0. The third kappa shape index (κ3) is 8.91. The van der Waals surface area contributed by atoms with Gasteiger partial charge in [-0.15, -0.1) is 0 Å². The summed E-state index contributed by atoms with van der Waals surface area (Å²) in [5, 5.41) is 10.0. The molecule has 0 saturated heterocycles. The van der Waals surface area contributed by atoms with Crippen molar-refractivity contribution in [3.63, 3.8) is 0 Å². The fraction of sp³-hybridized carbons (Fsp3) is 0.484. The van der Waals surface area contributed by atoms with Gasteiger partial charge in [0.25, 0.3) is 0 Å². The highest BCUT2D eigenvalue weighted by molar-refractivity contribution is 5.89. The van der Waals surface area contributed by atoms with Crippen LogP contribution in [0.3, 0.4) is 0 Å². The molecule has 2 aromatic carbocycles.